The van der Waals surface area contributed by atoms with Crippen molar-refractivity contribution in [3.8, 4) is 0 Å². The number of phosphoric acid groups is 2. The van der Waals surface area contributed by atoms with Gasteiger partial charge >= 0.3 is 39.5 Å². The van der Waals surface area contributed by atoms with E-state index in [1.54, 1.807) is 0 Å². The Morgan fingerprint density at radius 3 is 0.694 bits per heavy atom. The van der Waals surface area contributed by atoms with E-state index in [-0.39, 0.29) is 25.7 Å². The van der Waals surface area contributed by atoms with Crippen molar-refractivity contribution < 1.29 is 80.2 Å². The average molecular weight is 1260 g/mol. The van der Waals surface area contributed by atoms with Gasteiger partial charge in [-0.3, -0.25) is 37.3 Å². The van der Waals surface area contributed by atoms with Gasteiger partial charge in [0.15, 0.2) is 12.2 Å². The number of aliphatic hydroxyl groups excluding tert-OH is 1. The highest BCUT2D eigenvalue weighted by atomic mass is 31.2. The lowest BCUT2D eigenvalue weighted by atomic mass is 10.0. The molecule has 85 heavy (non-hydrogen) atoms. The Morgan fingerprint density at radius 1 is 0.282 bits per heavy atom. The van der Waals surface area contributed by atoms with Crippen molar-refractivity contribution >= 4 is 39.5 Å². The highest BCUT2D eigenvalue weighted by molar-refractivity contribution is 7.47. The van der Waals surface area contributed by atoms with E-state index in [0.717, 1.165) is 96.3 Å². The van der Waals surface area contributed by atoms with E-state index in [0.29, 0.717) is 25.7 Å². The molecule has 0 aromatic rings. The fraction of sp³-hybridized carbons (Fsp3) is 0.939. The lowest BCUT2D eigenvalue weighted by molar-refractivity contribution is -0.161. The maximum absolute atomic E-state index is 13.0. The van der Waals surface area contributed by atoms with Crippen LogP contribution >= 0.6 is 15.6 Å². The van der Waals surface area contributed by atoms with Gasteiger partial charge in [0, 0.05) is 25.7 Å². The molecule has 17 nitrogen and oxygen atoms in total. The van der Waals surface area contributed by atoms with Gasteiger partial charge in [0.05, 0.1) is 26.4 Å². The van der Waals surface area contributed by atoms with Gasteiger partial charge in [0.1, 0.15) is 19.3 Å². The maximum Gasteiger partial charge on any atom is 0.472 e. The summed E-state index contributed by atoms with van der Waals surface area (Å²) in [6.07, 6.45) is 47.0. The van der Waals surface area contributed by atoms with E-state index in [2.05, 4.69) is 27.7 Å². The van der Waals surface area contributed by atoms with Crippen molar-refractivity contribution in [2.45, 2.75) is 361 Å². The van der Waals surface area contributed by atoms with Crippen LogP contribution in [0.5, 0.6) is 0 Å². The van der Waals surface area contributed by atoms with E-state index in [1.165, 1.54) is 167 Å². The third-order valence-electron chi connectivity index (χ3n) is 15.4. The summed E-state index contributed by atoms with van der Waals surface area (Å²) in [5.74, 6) is -2.13. The summed E-state index contributed by atoms with van der Waals surface area (Å²) in [6.45, 7) is 4.89. The van der Waals surface area contributed by atoms with Gasteiger partial charge in [-0.25, -0.2) is 9.13 Å². The molecule has 0 saturated heterocycles. The van der Waals surface area contributed by atoms with Crippen LogP contribution in [0, 0.1) is 0 Å². The van der Waals surface area contributed by atoms with Crippen LogP contribution in [0.15, 0.2) is 0 Å². The van der Waals surface area contributed by atoms with Gasteiger partial charge in [-0.15, -0.1) is 0 Å². The van der Waals surface area contributed by atoms with Gasteiger partial charge in [0.2, 0.25) is 0 Å². The Kier molecular flexibility index (Phi) is 59.6. The molecule has 0 spiro atoms. The number of hydrogen-bond acceptors (Lipinski definition) is 15. The summed E-state index contributed by atoms with van der Waals surface area (Å²) in [7, 11) is -9.89. The fourth-order valence-corrected chi connectivity index (χ4v) is 11.6. The van der Waals surface area contributed by atoms with Crippen LogP contribution < -0.4 is 0 Å². The monoisotopic (exact) mass is 1250 g/mol. The molecule has 0 aromatic heterocycles. The molecule has 504 valence electrons. The molecule has 0 saturated carbocycles. The van der Waals surface area contributed by atoms with Crippen LogP contribution in [0.2, 0.25) is 0 Å². The maximum atomic E-state index is 13.0. The van der Waals surface area contributed by atoms with Crippen molar-refractivity contribution in [3.63, 3.8) is 0 Å². The number of carbonyl (C=O) groups excluding carboxylic acids is 4. The fourth-order valence-electron chi connectivity index (χ4n) is 9.99. The lowest BCUT2D eigenvalue weighted by Crippen LogP contribution is -2.30. The molecule has 0 amide bonds. The molecule has 5 atom stereocenters. The number of hydrogen-bond donors (Lipinski definition) is 3. The molecule has 2 unspecified atom stereocenters. The second-order valence-electron chi connectivity index (χ2n) is 23.9. The number of carbonyl (C=O) groups is 4. The zero-order valence-electron chi connectivity index (χ0n) is 54.6. The molecule has 0 aliphatic rings. The Labute approximate surface area is 517 Å². The third kappa shape index (κ3) is 60.7. The smallest absolute Gasteiger partial charge is 0.462 e. The number of rotatable bonds is 67. The summed E-state index contributed by atoms with van der Waals surface area (Å²) in [6, 6.07) is 0. The molecule has 0 aliphatic heterocycles. The molecule has 0 heterocycles. The van der Waals surface area contributed by atoms with Crippen LogP contribution in [0.25, 0.3) is 0 Å². The Bertz CT molecular complexity index is 1640. The minimum atomic E-state index is -4.94. The van der Waals surface area contributed by atoms with Gasteiger partial charge in [-0.1, -0.05) is 291 Å². The summed E-state index contributed by atoms with van der Waals surface area (Å²) < 4.78 is 68.1. The van der Waals surface area contributed by atoms with Crippen molar-refractivity contribution in [1.82, 2.24) is 0 Å². The second-order valence-corrected chi connectivity index (χ2v) is 26.8. The summed E-state index contributed by atoms with van der Waals surface area (Å²) in [5, 5.41) is 10.5. The minimum Gasteiger partial charge on any atom is -0.462 e. The molecular weight excluding hydrogens is 1130 g/mol. The molecule has 0 fully saturated rings. The largest absolute Gasteiger partial charge is 0.472 e. The first-order valence-corrected chi connectivity index (χ1v) is 37.8. The quantitative estimate of drug-likeness (QED) is 0.0222. The van der Waals surface area contributed by atoms with Crippen molar-refractivity contribution in [2.75, 3.05) is 39.6 Å². The van der Waals surface area contributed by atoms with Crippen LogP contribution in [0.3, 0.4) is 0 Å². The Balaban J connectivity index is 5.22. The molecule has 0 aliphatic carbocycles. The van der Waals surface area contributed by atoms with Crippen LogP contribution in [0.4, 0.5) is 0 Å². The highest BCUT2D eigenvalue weighted by Crippen LogP contribution is 2.45. The SMILES string of the molecule is CCCCCCCCCCCCCCCC(=O)O[C@H](COC(=O)CCCCCCCCCCCCCC)COP(=O)(O)OC[C@@H](O)COP(=O)(O)OC[C@@H](COC(=O)CCCCCCCCCC)OC(=O)CCCCCCCCCCCCCC. The van der Waals surface area contributed by atoms with E-state index in [4.69, 9.17) is 37.0 Å². The first kappa shape index (κ1) is 83.1. The highest BCUT2D eigenvalue weighted by Gasteiger charge is 2.30. The van der Waals surface area contributed by atoms with E-state index in [1.807, 2.05) is 0 Å². The number of phosphoric ester groups is 2. The van der Waals surface area contributed by atoms with E-state index < -0.39 is 97.5 Å². The molecule has 3 N–H and O–H groups in total. The molecule has 19 heteroatoms. The van der Waals surface area contributed by atoms with Crippen molar-refractivity contribution in [3.05, 3.63) is 0 Å². The van der Waals surface area contributed by atoms with Crippen LogP contribution in [-0.4, -0.2) is 96.7 Å². The second kappa shape index (κ2) is 60.9. The van der Waals surface area contributed by atoms with Gasteiger partial charge in [-0.2, -0.15) is 0 Å². The lowest BCUT2D eigenvalue weighted by Gasteiger charge is -2.21. The van der Waals surface area contributed by atoms with Crippen molar-refractivity contribution in [2.24, 2.45) is 0 Å². The normalized spacial score (nSPS) is 14.1. The van der Waals surface area contributed by atoms with Gasteiger partial charge in [0.25, 0.3) is 0 Å². The predicted molar refractivity (Wildman–Crippen MR) is 340 cm³/mol. The summed E-state index contributed by atoms with van der Waals surface area (Å²) >= 11 is 0. The summed E-state index contributed by atoms with van der Waals surface area (Å²) in [5.41, 5.74) is 0. The topological polar surface area (TPSA) is 237 Å². The van der Waals surface area contributed by atoms with Gasteiger partial charge < -0.3 is 33.8 Å². The number of esters is 4. The van der Waals surface area contributed by atoms with Crippen LogP contribution in [0.1, 0.15) is 342 Å². The number of aliphatic hydroxyl groups is 1. The first-order chi connectivity index (χ1) is 41.2. The number of ether oxygens (including phenoxy) is 4. The predicted octanol–water partition coefficient (Wildman–Crippen LogP) is 18.7. The Morgan fingerprint density at radius 2 is 0.471 bits per heavy atom. The molecular formula is C66H128O17P2. The Hall–Kier alpha value is -1.94. The first-order valence-electron chi connectivity index (χ1n) is 34.8. The van der Waals surface area contributed by atoms with E-state index in [9.17, 15) is 43.2 Å². The van der Waals surface area contributed by atoms with Crippen LogP contribution in [-0.2, 0) is 65.4 Å². The molecule has 0 rings (SSSR count). The molecule has 0 aromatic carbocycles. The molecule has 0 bridgehead atoms. The van der Waals surface area contributed by atoms with E-state index >= 15 is 0 Å². The minimum absolute atomic E-state index is 0.108. The zero-order valence-corrected chi connectivity index (χ0v) is 56.4. The molecule has 0 radical (unpaired) electrons. The summed E-state index contributed by atoms with van der Waals surface area (Å²) in [4.78, 5) is 72.3. The third-order valence-corrected chi connectivity index (χ3v) is 17.3. The van der Waals surface area contributed by atoms with Gasteiger partial charge in [-0.05, 0) is 25.7 Å². The zero-order chi connectivity index (χ0) is 62.6. The average Bonchev–Trinajstić information content (AvgIpc) is 3.62. The van der Waals surface area contributed by atoms with Crippen molar-refractivity contribution in [1.29, 1.82) is 0 Å². The number of unbranched alkanes of at least 4 members (excludes halogenated alkanes) is 41. The standard InChI is InChI=1S/C66H128O17P2/c1-5-9-13-17-21-25-28-31-34-37-41-45-49-53-66(71)83-62(57-77-64(69)51-47-43-39-35-32-29-26-22-18-14-10-6-2)59-81-85(74,75)79-55-60(67)54-78-84(72,73)80-58-61(56-76-63(68)50-46-42-38-24-20-16-12-8-4)82-65(70)52-48-44-40-36-33-30-27-23-19-15-11-7-3/h60-62,67H,5-59H2,1-4H3,(H,72,73)(H,74,75)/t60-,61+,62+/m0/s1.